The number of phenolic OH excluding ortho intramolecular Hbond substituents is 1. The van der Waals surface area contributed by atoms with Crippen LogP contribution in [0.3, 0.4) is 0 Å². The summed E-state index contributed by atoms with van der Waals surface area (Å²) in [6, 6.07) is 8.81. The first kappa shape index (κ1) is 24.0. The molecule has 0 aromatic heterocycles. The molecule has 0 bridgehead atoms. The van der Waals surface area contributed by atoms with Gasteiger partial charge in [-0.3, -0.25) is 9.59 Å². The summed E-state index contributed by atoms with van der Waals surface area (Å²) in [5, 5.41) is 16.6. The van der Waals surface area contributed by atoms with E-state index >= 15 is 0 Å². The minimum Gasteiger partial charge on any atom is -0.503 e. The number of carbonyl (C=O) groups is 2. The van der Waals surface area contributed by atoms with E-state index in [0.29, 0.717) is 23.5 Å². The van der Waals surface area contributed by atoms with E-state index in [1.54, 1.807) is 44.4 Å². The Hall–Kier alpha value is -3.26. The zero-order valence-electron chi connectivity index (χ0n) is 17.8. The van der Waals surface area contributed by atoms with Crippen molar-refractivity contribution >= 4 is 29.6 Å². The van der Waals surface area contributed by atoms with Crippen LogP contribution in [-0.4, -0.2) is 42.9 Å². The Balaban J connectivity index is 2.06. The molecule has 0 aliphatic carbocycles. The summed E-state index contributed by atoms with van der Waals surface area (Å²) in [4.78, 5) is 25.1. The Labute approximate surface area is 186 Å². The van der Waals surface area contributed by atoms with Crippen molar-refractivity contribution in [2.24, 2.45) is 11.0 Å². The molecule has 2 rings (SSSR count). The second kappa shape index (κ2) is 11.2. The van der Waals surface area contributed by atoms with Gasteiger partial charge in [-0.15, -0.1) is 0 Å². The largest absolute Gasteiger partial charge is 0.503 e. The number of rotatable bonds is 9. The van der Waals surface area contributed by atoms with Crippen molar-refractivity contribution in [2.75, 3.05) is 13.7 Å². The molecule has 2 amide bonds. The van der Waals surface area contributed by atoms with E-state index in [9.17, 15) is 14.7 Å². The second-order valence-electron chi connectivity index (χ2n) is 6.94. The molecule has 0 aliphatic heterocycles. The number of ether oxygens (including phenoxy) is 2. The number of hydrogen-bond acceptors (Lipinski definition) is 6. The van der Waals surface area contributed by atoms with Gasteiger partial charge in [0.2, 0.25) is 0 Å². The van der Waals surface area contributed by atoms with Gasteiger partial charge in [0, 0.05) is 5.56 Å². The van der Waals surface area contributed by atoms with Gasteiger partial charge < -0.3 is 19.9 Å². The predicted octanol–water partition coefficient (Wildman–Crippen LogP) is 3.36. The highest BCUT2D eigenvalue weighted by molar-refractivity contribution is 6.32. The molecule has 9 heteroatoms. The average molecular weight is 448 g/mol. The van der Waals surface area contributed by atoms with Gasteiger partial charge in [0.15, 0.2) is 11.5 Å². The lowest BCUT2D eigenvalue weighted by atomic mass is 10.0. The molecule has 0 saturated heterocycles. The predicted molar refractivity (Wildman–Crippen MR) is 119 cm³/mol. The van der Waals surface area contributed by atoms with Crippen molar-refractivity contribution in [1.29, 1.82) is 0 Å². The highest BCUT2D eigenvalue weighted by Gasteiger charge is 2.24. The smallest absolute Gasteiger partial charge is 0.262 e. The summed E-state index contributed by atoms with van der Waals surface area (Å²) in [7, 11) is 1.54. The van der Waals surface area contributed by atoms with Crippen molar-refractivity contribution in [1.82, 2.24) is 10.7 Å². The lowest BCUT2D eigenvalue weighted by Gasteiger charge is -2.20. The SMILES string of the molecule is CCOc1cc(C=NNC(=O)C(NC(=O)c2ccc(OC)cc2)C(C)C)cc(Cl)c1O. The fourth-order valence-corrected chi connectivity index (χ4v) is 2.89. The zero-order chi connectivity index (χ0) is 23.0. The van der Waals surface area contributed by atoms with Gasteiger partial charge in [0.25, 0.3) is 11.8 Å². The molecule has 31 heavy (non-hydrogen) atoms. The maximum atomic E-state index is 12.6. The number of aromatic hydroxyl groups is 1. The summed E-state index contributed by atoms with van der Waals surface area (Å²) < 4.78 is 10.4. The van der Waals surface area contributed by atoms with Crippen LogP contribution in [0.2, 0.25) is 5.02 Å². The van der Waals surface area contributed by atoms with Crippen molar-refractivity contribution in [3.63, 3.8) is 0 Å². The Morgan fingerprint density at radius 1 is 1.23 bits per heavy atom. The Bertz CT molecular complexity index is 945. The molecular weight excluding hydrogens is 422 g/mol. The minimum absolute atomic E-state index is 0.102. The third kappa shape index (κ3) is 6.62. The Morgan fingerprint density at radius 3 is 2.48 bits per heavy atom. The number of amides is 2. The monoisotopic (exact) mass is 447 g/mol. The summed E-state index contributed by atoms with van der Waals surface area (Å²) in [6.07, 6.45) is 1.37. The van der Waals surface area contributed by atoms with E-state index in [1.165, 1.54) is 12.3 Å². The van der Waals surface area contributed by atoms with Crippen molar-refractivity contribution in [2.45, 2.75) is 26.8 Å². The van der Waals surface area contributed by atoms with Gasteiger partial charge in [0.1, 0.15) is 11.8 Å². The van der Waals surface area contributed by atoms with Crippen LogP contribution >= 0.6 is 11.6 Å². The summed E-state index contributed by atoms with van der Waals surface area (Å²) in [5.74, 6) is -0.341. The third-order valence-corrected chi connectivity index (χ3v) is 4.62. The van der Waals surface area contributed by atoms with Crippen LogP contribution in [0.15, 0.2) is 41.5 Å². The number of halogens is 1. The number of nitrogens with zero attached hydrogens (tertiary/aromatic N) is 1. The van der Waals surface area contributed by atoms with E-state index < -0.39 is 11.9 Å². The topological polar surface area (TPSA) is 109 Å². The third-order valence-electron chi connectivity index (χ3n) is 4.33. The number of hydrazone groups is 1. The summed E-state index contributed by atoms with van der Waals surface area (Å²) in [5.41, 5.74) is 3.35. The molecule has 0 fully saturated rings. The maximum absolute atomic E-state index is 12.6. The van der Waals surface area contributed by atoms with Crippen LogP contribution in [0.25, 0.3) is 0 Å². The summed E-state index contributed by atoms with van der Waals surface area (Å²) >= 11 is 5.99. The van der Waals surface area contributed by atoms with Gasteiger partial charge in [-0.25, -0.2) is 5.43 Å². The number of benzene rings is 2. The normalized spacial score (nSPS) is 11.9. The van der Waals surface area contributed by atoms with Crippen LogP contribution in [0.1, 0.15) is 36.7 Å². The van der Waals surface area contributed by atoms with Gasteiger partial charge in [-0.05, 0) is 54.8 Å². The first-order valence-corrected chi connectivity index (χ1v) is 10.1. The average Bonchev–Trinajstić information content (AvgIpc) is 2.75. The number of carbonyl (C=O) groups excluding carboxylic acids is 2. The molecule has 0 spiro atoms. The molecule has 3 N–H and O–H groups in total. The first-order valence-electron chi connectivity index (χ1n) is 9.70. The van der Waals surface area contributed by atoms with Gasteiger partial charge in [-0.1, -0.05) is 25.4 Å². The van der Waals surface area contributed by atoms with Crippen LogP contribution in [0, 0.1) is 5.92 Å². The standard InChI is InChI=1S/C22H26ClN3O5/c1-5-31-18-11-14(10-17(23)20(18)27)12-24-26-22(29)19(13(2)3)25-21(28)15-6-8-16(30-4)9-7-15/h6-13,19,27H,5H2,1-4H3,(H,25,28)(H,26,29). The van der Waals surface area contributed by atoms with Crippen molar-refractivity contribution in [3.05, 3.63) is 52.5 Å². The van der Waals surface area contributed by atoms with Crippen LogP contribution in [0.4, 0.5) is 0 Å². The highest BCUT2D eigenvalue weighted by Crippen LogP contribution is 2.34. The van der Waals surface area contributed by atoms with Gasteiger partial charge in [0.05, 0.1) is 25.0 Å². The molecular formula is C22H26ClN3O5. The number of phenols is 1. The minimum atomic E-state index is -0.797. The Morgan fingerprint density at radius 2 is 1.90 bits per heavy atom. The lowest BCUT2D eigenvalue weighted by Crippen LogP contribution is -2.48. The van der Waals surface area contributed by atoms with E-state index in [4.69, 9.17) is 21.1 Å². The van der Waals surface area contributed by atoms with E-state index in [1.807, 2.05) is 13.8 Å². The fourth-order valence-electron chi connectivity index (χ4n) is 2.68. The van der Waals surface area contributed by atoms with Gasteiger partial charge in [-0.2, -0.15) is 5.10 Å². The second-order valence-corrected chi connectivity index (χ2v) is 7.35. The molecule has 1 unspecified atom stereocenters. The Kier molecular flexibility index (Phi) is 8.69. The van der Waals surface area contributed by atoms with Crippen LogP contribution in [-0.2, 0) is 4.79 Å². The van der Waals surface area contributed by atoms with Crippen molar-refractivity contribution in [3.8, 4) is 17.2 Å². The lowest BCUT2D eigenvalue weighted by molar-refractivity contribution is -0.123. The van der Waals surface area contributed by atoms with Crippen LogP contribution in [0.5, 0.6) is 17.2 Å². The summed E-state index contributed by atoms with van der Waals surface area (Å²) in [6.45, 7) is 5.76. The highest BCUT2D eigenvalue weighted by atomic mass is 35.5. The molecule has 0 aliphatic rings. The quantitative estimate of drug-likeness (QED) is 0.403. The molecule has 0 heterocycles. The molecule has 0 radical (unpaired) electrons. The van der Waals surface area contributed by atoms with Crippen LogP contribution < -0.4 is 20.2 Å². The fraction of sp³-hybridized carbons (Fsp3) is 0.318. The molecule has 2 aromatic carbocycles. The van der Waals surface area contributed by atoms with E-state index in [-0.39, 0.29) is 28.3 Å². The molecule has 1 atom stereocenters. The van der Waals surface area contributed by atoms with E-state index in [2.05, 4.69) is 15.8 Å². The number of methoxy groups -OCH3 is 1. The van der Waals surface area contributed by atoms with Gasteiger partial charge >= 0.3 is 0 Å². The molecule has 8 nitrogen and oxygen atoms in total. The molecule has 2 aromatic rings. The zero-order valence-corrected chi connectivity index (χ0v) is 18.6. The first-order chi connectivity index (χ1) is 14.8. The maximum Gasteiger partial charge on any atom is 0.262 e. The van der Waals surface area contributed by atoms with E-state index in [0.717, 1.165) is 0 Å². The number of hydrogen-bond donors (Lipinski definition) is 3. The van der Waals surface area contributed by atoms with Crippen molar-refractivity contribution < 1.29 is 24.2 Å². The molecule has 0 saturated carbocycles. The number of nitrogens with one attached hydrogen (secondary N) is 2. The molecule has 166 valence electrons.